The summed E-state index contributed by atoms with van der Waals surface area (Å²) < 4.78 is 2.20. The van der Waals surface area contributed by atoms with Gasteiger partial charge in [-0.2, -0.15) is 0 Å². The van der Waals surface area contributed by atoms with Crippen LogP contribution in [0.1, 0.15) is 54.6 Å². The van der Waals surface area contributed by atoms with Crippen LogP contribution in [0.25, 0.3) is 0 Å². The Morgan fingerprint density at radius 2 is 2.20 bits per heavy atom. The van der Waals surface area contributed by atoms with Crippen molar-refractivity contribution in [1.29, 1.82) is 0 Å². The molecule has 3 rings (SSSR count). The quantitative estimate of drug-likeness (QED) is 0.917. The standard InChI is InChI=1S/C15H23N3O2/c1-3-17-6-5-11(9-17)14-16-13(15(19)20)12-8-10(2)4-7-18(12)14/h10-11H,3-9H2,1-2H3,(H,19,20). The van der Waals surface area contributed by atoms with Gasteiger partial charge in [-0.3, -0.25) is 0 Å². The van der Waals surface area contributed by atoms with Gasteiger partial charge in [0, 0.05) is 19.0 Å². The third-order valence-corrected chi connectivity index (χ3v) is 4.78. The fourth-order valence-corrected chi connectivity index (χ4v) is 3.56. The predicted octanol–water partition coefficient (Wildman–Crippen LogP) is 1.97. The van der Waals surface area contributed by atoms with Gasteiger partial charge in [0.05, 0.1) is 5.69 Å². The number of aromatic nitrogens is 2. The molecule has 2 aliphatic heterocycles. The van der Waals surface area contributed by atoms with Crippen LogP contribution in [0.4, 0.5) is 0 Å². The van der Waals surface area contributed by atoms with Gasteiger partial charge in [-0.25, -0.2) is 9.78 Å². The molecule has 1 aromatic rings. The highest BCUT2D eigenvalue weighted by molar-refractivity contribution is 5.87. The lowest BCUT2D eigenvalue weighted by molar-refractivity contribution is 0.0689. The molecule has 0 bridgehead atoms. The van der Waals surface area contributed by atoms with E-state index < -0.39 is 5.97 Å². The third-order valence-electron chi connectivity index (χ3n) is 4.78. The Balaban J connectivity index is 1.96. The average molecular weight is 277 g/mol. The molecule has 1 fully saturated rings. The molecule has 0 aliphatic carbocycles. The van der Waals surface area contributed by atoms with Gasteiger partial charge in [-0.15, -0.1) is 0 Å². The molecular weight excluding hydrogens is 254 g/mol. The zero-order valence-corrected chi connectivity index (χ0v) is 12.3. The van der Waals surface area contributed by atoms with Crippen molar-refractivity contribution in [2.45, 2.75) is 45.6 Å². The first-order valence-electron chi connectivity index (χ1n) is 7.65. The largest absolute Gasteiger partial charge is 0.476 e. The maximum absolute atomic E-state index is 11.4. The van der Waals surface area contributed by atoms with Crippen molar-refractivity contribution < 1.29 is 9.90 Å². The van der Waals surface area contributed by atoms with Crippen LogP contribution >= 0.6 is 0 Å². The highest BCUT2D eigenvalue weighted by Gasteiger charge is 2.32. The average Bonchev–Trinajstić information content (AvgIpc) is 3.01. The van der Waals surface area contributed by atoms with Gasteiger partial charge in [0.1, 0.15) is 5.82 Å². The highest BCUT2D eigenvalue weighted by Crippen LogP contribution is 2.32. The Morgan fingerprint density at radius 1 is 1.40 bits per heavy atom. The Labute approximate surface area is 119 Å². The van der Waals surface area contributed by atoms with E-state index in [9.17, 15) is 9.90 Å². The Kier molecular flexibility index (Phi) is 3.54. The van der Waals surface area contributed by atoms with E-state index in [-0.39, 0.29) is 0 Å². The number of hydrogen-bond donors (Lipinski definition) is 1. The number of carboxylic acids is 1. The van der Waals surface area contributed by atoms with Crippen molar-refractivity contribution in [2.75, 3.05) is 19.6 Å². The summed E-state index contributed by atoms with van der Waals surface area (Å²) >= 11 is 0. The van der Waals surface area contributed by atoms with Crippen molar-refractivity contribution in [2.24, 2.45) is 5.92 Å². The number of likely N-dealkylation sites (tertiary alicyclic amines) is 1. The molecule has 0 spiro atoms. The Morgan fingerprint density at radius 3 is 2.85 bits per heavy atom. The molecule has 3 heterocycles. The van der Waals surface area contributed by atoms with E-state index in [4.69, 9.17) is 0 Å². The number of aromatic carboxylic acids is 1. The van der Waals surface area contributed by atoms with Crippen LogP contribution in [-0.2, 0) is 13.0 Å². The highest BCUT2D eigenvalue weighted by atomic mass is 16.4. The van der Waals surface area contributed by atoms with Crippen molar-refractivity contribution in [3.63, 3.8) is 0 Å². The number of hydrogen-bond acceptors (Lipinski definition) is 3. The number of carboxylic acid groups (broad SMARTS) is 1. The van der Waals surface area contributed by atoms with Crippen molar-refractivity contribution in [1.82, 2.24) is 14.5 Å². The van der Waals surface area contributed by atoms with Crippen molar-refractivity contribution in [3.05, 3.63) is 17.2 Å². The second-order valence-corrected chi connectivity index (χ2v) is 6.20. The van der Waals surface area contributed by atoms with Gasteiger partial charge >= 0.3 is 5.97 Å². The molecule has 110 valence electrons. The molecular formula is C15H23N3O2. The molecule has 1 aromatic heterocycles. The molecule has 5 heteroatoms. The molecule has 0 aromatic carbocycles. The molecule has 2 unspecified atom stereocenters. The fraction of sp³-hybridized carbons (Fsp3) is 0.733. The smallest absolute Gasteiger partial charge is 0.356 e. The molecule has 20 heavy (non-hydrogen) atoms. The molecule has 2 atom stereocenters. The second kappa shape index (κ2) is 5.20. The summed E-state index contributed by atoms with van der Waals surface area (Å²) in [5.41, 5.74) is 1.24. The number of imidazole rings is 1. The lowest BCUT2D eigenvalue weighted by atomic mass is 9.96. The van der Waals surface area contributed by atoms with Gasteiger partial charge in [0.15, 0.2) is 5.69 Å². The maximum atomic E-state index is 11.4. The Bertz CT molecular complexity index is 523. The number of fused-ring (bicyclic) bond motifs is 1. The maximum Gasteiger partial charge on any atom is 0.356 e. The van der Waals surface area contributed by atoms with E-state index >= 15 is 0 Å². The molecule has 0 amide bonds. The summed E-state index contributed by atoms with van der Waals surface area (Å²) in [7, 11) is 0. The number of nitrogens with zero attached hydrogens (tertiary/aromatic N) is 3. The number of likely N-dealkylation sites (N-methyl/N-ethyl adjacent to an activating group) is 1. The summed E-state index contributed by atoms with van der Waals surface area (Å²) in [5, 5.41) is 9.40. The molecule has 2 aliphatic rings. The minimum atomic E-state index is -0.876. The summed E-state index contributed by atoms with van der Waals surface area (Å²) in [6, 6.07) is 0. The minimum absolute atomic E-state index is 0.293. The molecule has 5 nitrogen and oxygen atoms in total. The summed E-state index contributed by atoms with van der Waals surface area (Å²) in [4.78, 5) is 18.4. The minimum Gasteiger partial charge on any atom is -0.476 e. The Hall–Kier alpha value is -1.36. The van der Waals surface area contributed by atoms with Crippen LogP contribution in [0.5, 0.6) is 0 Å². The zero-order valence-electron chi connectivity index (χ0n) is 12.3. The third kappa shape index (κ3) is 2.24. The molecule has 0 saturated carbocycles. The molecule has 0 radical (unpaired) electrons. The molecule has 1 saturated heterocycles. The topological polar surface area (TPSA) is 58.4 Å². The monoisotopic (exact) mass is 277 g/mol. The van der Waals surface area contributed by atoms with Crippen LogP contribution < -0.4 is 0 Å². The van der Waals surface area contributed by atoms with Gasteiger partial charge in [0.2, 0.25) is 0 Å². The summed E-state index contributed by atoms with van der Waals surface area (Å²) in [6.07, 6.45) is 3.07. The summed E-state index contributed by atoms with van der Waals surface area (Å²) in [6.45, 7) is 8.47. The fourth-order valence-electron chi connectivity index (χ4n) is 3.56. The van der Waals surface area contributed by atoms with Crippen molar-refractivity contribution in [3.8, 4) is 0 Å². The number of carbonyl (C=O) groups is 1. The zero-order chi connectivity index (χ0) is 14.3. The molecule has 1 N–H and O–H groups in total. The summed E-state index contributed by atoms with van der Waals surface area (Å²) in [5.74, 6) is 1.09. The lowest BCUT2D eigenvalue weighted by Gasteiger charge is -2.23. The van der Waals surface area contributed by atoms with E-state index in [2.05, 4.69) is 28.3 Å². The van der Waals surface area contributed by atoms with Crippen LogP contribution in [-0.4, -0.2) is 45.2 Å². The number of rotatable bonds is 3. The van der Waals surface area contributed by atoms with E-state index in [1.54, 1.807) is 0 Å². The van der Waals surface area contributed by atoms with E-state index in [0.717, 1.165) is 57.0 Å². The normalized spacial score (nSPS) is 26.7. The first-order valence-corrected chi connectivity index (χ1v) is 7.65. The van der Waals surface area contributed by atoms with E-state index in [0.29, 0.717) is 17.5 Å². The van der Waals surface area contributed by atoms with Crippen LogP contribution in [0.3, 0.4) is 0 Å². The van der Waals surface area contributed by atoms with E-state index in [1.807, 2.05) is 0 Å². The van der Waals surface area contributed by atoms with Gasteiger partial charge in [-0.05, 0) is 38.3 Å². The van der Waals surface area contributed by atoms with Gasteiger partial charge in [0.25, 0.3) is 0 Å². The lowest BCUT2D eigenvalue weighted by Crippen LogP contribution is -2.23. The van der Waals surface area contributed by atoms with Crippen molar-refractivity contribution >= 4 is 5.97 Å². The van der Waals surface area contributed by atoms with Crippen LogP contribution in [0.15, 0.2) is 0 Å². The first-order chi connectivity index (χ1) is 9.60. The van der Waals surface area contributed by atoms with Crippen LogP contribution in [0, 0.1) is 5.92 Å². The SMILES string of the molecule is CCN1CCC(c2nc(C(=O)O)c3n2CCC(C)C3)C1. The van der Waals surface area contributed by atoms with Crippen LogP contribution in [0.2, 0.25) is 0 Å². The second-order valence-electron chi connectivity index (χ2n) is 6.20. The van der Waals surface area contributed by atoms with Gasteiger partial charge < -0.3 is 14.6 Å². The van der Waals surface area contributed by atoms with E-state index in [1.165, 1.54) is 0 Å². The first kappa shape index (κ1) is 13.6. The predicted molar refractivity (Wildman–Crippen MR) is 76.1 cm³/mol. The van der Waals surface area contributed by atoms with Gasteiger partial charge in [-0.1, -0.05) is 13.8 Å².